The molecule has 0 aliphatic carbocycles. The highest BCUT2D eigenvalue weighted by Gasteiger charge is 2.33. The van der Waals surface area contributed by atoms with Crippen molar-refractivity contribution < 1.29 is 9.21 Å². The molecule has 4 aromatic rings. The molecule has 6 nitrogen and oxygen atoms in total. The first-order chi connectivity index (χ1) is 16.9. The Bertz CT molecular complexity index is 1380. The minimum atomic E-state index is 0.0422. The number of pyridine rings is 1. The van der Waals surface area contributed by atoms with Gasteiger partial charge in [-0.05, 0) is 86.6 Å². The number of piperidine rings is 1. The fourth-order valence-corrected chi connectivity index (χ4v) is 5.07. The molecule has 2 atom stereocenters. The number of rotatable bonds is 5. The van der Waals surface area contributed by atoms with Gasteiger partial charge in [-0.3, -0.25) is 9.78 Å². The summed E-state index contributed by atoms with van der Waals surface area (Å²) in [6, 6.07) is 16.7. The maximum Gasteiger partial charge on any atom is 0.295 e. The number of carbonyl (C=O) groups is 1. The average molecular weight is 469 g/mol. The van der Waals surface area contributed by atoms with Crippen LogP contribution in [0, 0.1) is 26.7 Å². The molecule has 1 amide bonds. The first kappa shape index (κ1) is 23.1. The second-order valence-electron chi connectivity index (χ2n) is 9.79. The number of aromatic nitrogens is 2. The Kier molecular flexibility index (Phi) is 6.29. The van der Waals surface area contributed by atoms with Gasteiger partial charge < -0.3 is 14.6 Å². The van der Waals surface area contributed by atoms with Gasteiger partial charge in [0.25, 0.3) is 11.9 Å². The van der Waals surface area contributed by atoms with Gasteiger partial charge >= 0.3 is 0 Å². The van der Waals surface area contributed by atoms with E-state index in [1.807, 2.05) is 62.1 Å². The summed E-state index contributed by atoms with van der Waals surface area (Å²) in [5.41, 5.74) is 7.47. The van der Waals surface area contributed by atoms with Crippen LogP contribution >= 0.6 is 0 Å². The van der Waals surface area contributed by atoms with E-state index in [1.54, 1.807) is 6.20 Å². The van der Waals surface area contributed by atoms with Crippen LogP contribution in [0.25, 0.3) is 22.2 Å². The number of benzene rings is 2. The highest BCUT2D eigenvalue weighted by molar-refractivity contribution is 6.01. The summed E-state index contributed by atoms with van der Waals surface area (Å²) in [4.78, 5) is 25.0. The Morgan fingerprint density at radius 3 is 2.71 bits per heavy atom. The quantitative estimate of drug-likeness (QED) is 0.379. The summed E-state index contributed by atoms with van der Waals surface area (Å²) in [5.74, 6) is 0.438. The van der Waals surface area contributed by atoms with Gasteiger partial charge in [0, 0.05) is 30.5 Å². The zero-order valence-electron chi connectivity index (χ0n) is 20.8. The maximum absolute atomic E-state index is 14.0. The largest absolute Gasteiger partial charge is 0.424 e. The lowest BCUT2D eigenvalue weighted by Gasteiger charge is -2.40. The number of fused-ring (bicyclic) bond motifs is 1. The number of aryl methyl sites for hydroxylation is 3. The van der Waals surface area contributed by atoms with Gasteiger partial charge in [0.15, 0.2) is 5.58 Å². The van der Waals surface area contributed by atoms with E-state index < -0.39 is 0 Å². The number of nitrogens with zero attached hydrogens (tertiary/aromatic N) is 3. The highest BCUT2D eigenvalue weighted by atomic mass is 16.4. The van der Waals surface area contributed by atoms with E-state index in [2.05, 4.69) is 34.3 Å². The summed E-state index contributed by atoms with van der Waals surface area (Å²) < 4.78 is 5.90. The van der Waals surface area contributed by atoms with Crippen LogP contribution < -0.4 is 5.32 Å². The van der Waals surface area contributed by atoms with E-state index in [9.17, 15) is 4.79 Å². The number of hydrogen-bond donors (Lipinski definition) is 1. The van der Waals surface area contributed by atoms with Crippen molar-refractivity contribution in [3.05, 3.63) is 77.1 Å². The van der Waals surface area contributed by atoms with Crippen molar-refractivity contribution in [1.29, 1.82) is 0 Å². The lowest BCUT2D eigenvalue weighted by molar-refractivity contribution is 0.0540. The molecule has 0 spiro atoms. The van der Waals surface area contributed by atoms with E-state index in [4.69, 9.17) is 4.42 Å². The second-order valence-corrected chi connectivity index (χ2v) is 9.79. The molecule has 0 unspecified atom stereocenters. The van der Waals surface area contributed by atoms with Crippen LogP contribution in [-0.2, 0) is 0 Å². The number of amides is 1. The molecule has 6 heteroatoms. The van der Waals surface area contributed by atoms with Crippen molar-refractivity contribution in [3.63, 3.8) is 0 Å². The Balaban J connectivity index is 1.42. The molecule has 35 heavy (non-hydrogen) atoms. The third kappa shape index (κ3) is 4.78. The standard InChI is InChI=1S/C29H32N4O2/c1-18-7-9-23(22-11-12-30-21(4)16-22)24(14-18)28(34)33-13-5-6-20(3)26(33)17-31-29-32-25-15-19(2)8-10-27(25)35-29/h7-12,14-16,20,26H,5-6,13,17H2,1-4H3,(H,31,32)/t20-,26-/m1/s1. The summed E-state index contributed by atoms with van der Waals surface area (Å²) in [5, 5.41) is 3.38. The van der Waals surface area contributed by atoms with Crippen molar-refractivity contribution in [2.75, 3.05) is 18.4 Å². The van der Waals surface area contributed by atoms with Crippen LogP contribution in [0.1, 0.15) is 46.9 Å². The molecule has 2 aromatic heterocycles. The Labute approximate surface area is 206 Å². The number of anilines is 1. The predicted octanol–water partition coefficient (Wildman–Crippen LogP) is 6.17. The molecule has 1 saturated heterocycles. The molecule has 1 N–H and O–H groups in total. The van der Waals surface area contributed by atoms with Gasteiger partial charge in [-0.2, -0.15) is 4.98 Å². The van der Waals surface area contributed by atoms with Gasteiger partial charge in [-0.15, -0.1) is 0 Å². The van der Waals surface area contributed by atoms with Crippen molar-refractivity contribution in [1.82, 2.24) is 14.9 Å². The molecular weight excluding hydrogens is 436 g/mol. The third-order valence-electron chi connectivity index (χ3n) is 7.00. The van der Waals surface area contributed by atoms with Crippen LogP contribution in [-0.4, -0.2) is 39.9 Å². The smallest absolute Gasteiger partial charge is 0.295 e. The fraction of sp³-hybridized carbons (Fsp3) is 0.345. The van der Waals surface area contributed by atoms with E-state index >= 15 is 0 Å². The van der Waals surface area contributed by atoms with Crippen molar-refractivity contribution in [2.45, 2.75) is 46.6 Å². The number of likely N-dealkylation sites (tertiary alicyclic amines) is 1. The number of hydrogen-bond acceptors (Lipinski definition) is 5. The van der Waals surface area contributed by atoms with Gasteiger partial charge in [-0.25, -0.2) is 0 Å². The molecule has 1 fully saturated rings. The molecule has 0 radical (unpaired) electrons. The van der Waals surface area contributed by atoms with E-state index in [1.165, 1.54) is 0 Å². The minimum absolute atomic E-state index is 0.0422. The van der Waals surface area contributed by atoms with Crippen LogP contribution in [0.3, 0.4) is 0 Å². The second kappa shape index (κ2) is 9.53. The number of nitrogens with one attached hydrogen (secondary N) is 1. The molecular formula is C29H32N4O2. The molecule has 0 bridgehead atoms. The normalized spacial score (nSPS) is 18.1. The van der Waals surface area contributed by atoms with Crippen molar-refractivity contribution in [3.8, 4) is 11.1 Å². The highest BCUT2D eigenvalue weighted by Crippen LogP contribution is 2.31. The van der Waals surface area contributed by atoms with Gasteiger partial charge in [0.1, 0.15) is 5.52 Å². The first-order valence-corrected chi connectivity index (χ1v) is 12.3. The first-order valence-electron chi connectivity index (χ1n) is 12.3. The van der Waals surface area contributed by atoms with E-state index in [-0.39, 0.29) is 11.9 Å². The molecule has 5 rings (SSSR count). The molecule has 2 aromatic carbocycles. The molecule has 1 aliphatic heterocycles. The Morgan fingerprint density at radius 1 is 1.09 bits per heavy atom. The van der Waals surface area contributed by atoms with Gasteiger partial charge in [-0.1, -0.05) is 30.7 Å². The topological polar surface area (TPSA) is 71.3 Å². The molecule has 3 heterocycles. The van der Waals surface area contributed by atoms with E-state index in [0.29, 0.717) is 18.5 Å². The average Bonchev–Trinajstić information content (AvgIpc) is 3.24. The summed E-state index contributed by atoms with van der Waals surface area (Å²) in [6.45, 7) is 9.61. The summed E-state index contributed by atoms with van der Waals surface area (Å²) in [6.07, 6.45) is 3.89. The lowest BCUT2D eigenvalue weighted by Crippen LogP contribution is -2.51. The van der Waals surface area contributed by atoms with Crippen molar-refractivity contribution >= 4 is 23.0 Å². The van der Waals surface area contributed by atoms with Crippen molar-refractivity contribution in [2.24, 2.45) is 5.92 Å². The van der Waals surface area contributed by atoms with Crippen LogP contribution in [0.2, 0.25) is 0 Å². The molecule has 180 valence electrons. The zero-order chi connectivity index (χ0) is 24.5. The van der Waals surface area contributed by atoms with Gasteiger partial charge in [0.2, 0.25) is 0 Å². The van der Waals surface area contributed by atoms with Crippen LogP contribution in [0.5, 0.6) is 0 Å². The van der Waals surface area contributed by atoms with Crippen LogP contribution in [0.4, 0.5) is 6.01 Å². The fourth-order valence-electron chi connectivity index (χ4n) is 5.07. The van der Waals surface area contributed by atoms with Gasteiger partial charge in [0.05, 0.1) is 6.04 Å². The number of oxazole rings is 1. The monoisotopic (exact) mass is 468 g/mol. The number of carbonyl (C=O) groups excluding carboxylic acids is 1. The lowest BCUT2D eigenvalue weighted by atomic mass is 9.89. The molecule has 1 aliphatic rings. The Morgan fingerprint density at radius 2 is 1.89 bits per heavy atom. The van der Waals surface area contributed by atoms with Crippen LogP contribution in [0.15, 0.2) is 59.1 Å². The zero-order valence-corrected chi connectivity index (χ0v) is 20.8. The van der Waals surface area contributed by atoms with E-state index in [0.717, 1.165) is 64.0 Å². The molecule has 0 saturated carbocycles. The SMILES string of the molecule is Cc1ccc(-c2ccnc(C)c2)c(C(=O)N2CCC[C@@H](C)[C@H]2CNc2nc3cc(C)ccc3o2)c1. The minimum Gasteiger partial charge on any atom is -0.424 e. The maximum atomic E-state index is 14.0. The summed E-state index contributed by atoms with van der Waals surface area (Å²) in [7, 11) is 0. The summed E-state index contributed by atoms with van der Waals surface area (Å²) >= 11 is 0. The predicted molar refractivity (Wildman–Crippen MR) is 140 cm³/mol. The third-order valence-corrected chi connectivity index (χ3v) is 7.00. The Hall–Kier alpha value is -3.67.